The number of phenolic OH excluding ortho intramolecular Hbond substituents is 1. The van der Waals surface area contributed by atoms with E-state index < -0.39 is 0 Å². The van der Waals surface area contributed by atoms with E-state index in [0.29, 0.717) is 17.1 Å². The van der Waals surface area contributed by atoms with Gasteiger partial charge in [-0.25, -0.2) is 0 Å². The van der Waals surface area contributed by atoms with Crippen LogP contribution in [0.3, 0.4) is 0 Å². The summed E-state index contributed by atoms with van der Waals surface area (Å²) in [6.45, 7) is 11.0. The maximum Gasteiger partial charge on any atom is 0.118 e. The monoisotopic (exact) mass is 206 g/mol. The van der Waals surface area contributed by atoms with Gasteiger partial charge in [-0.1, -0.05) is 39.8 Å². The molecule has 0 aliphatic carbocycles. The minimum Gasteiger partial charge on any atom is -0.508 e. The van der Waals surface area contributed by atoms with Crippen molar-refractivity contribution in [3.8, 4) is 5.75 Å². The first-order valence-electron chi connectivity index (χ1n) is 5.59. The number of hydrogen-bond acceptors (Lipinski definition) is 1. The van der Waals surface area contributed by atoms with Gasteiger partial charge in [-0.3, -0.25) is 0 Å². The lowest BCUT2D eigenvalue weighted by Crippen LogP contribution is -2.09. The molecule has 15 heavy (non-hydrogen) atoms. The van der Waals surface area contributed by atoms with Crippen molar-refractivity contribution in [1.82, 2.24) is 0 Å². The zero-order chi connectivity index (χ0) is 11.6. The van der Waals surface area contributed by atoms with Gasteiger partial charge in [-0.05, 0) is 41.9 Å². The fourth-order valence-electron chi connectivity index (χ4n) is 2.02. The first-order chi connectivity index (χ1) is 6.79. The summed E-state index contributed by atoms with van der Waals surface area (Å²) in [6, 6.07) is 5.91. The maximum atomic E-state index is 9.46. The normalized spacial score (nSPS) is 13.9. The lowest BCUT2D eigenvalue weighted by molar-refractivity contribution is 0.348. The van der Waals surface area contributed by atoms with E-state index in [2.05, 4.69) is 33.8 Å². The molecule has 0 aliphatic heterocycles. The van der Waals surface area contributed by atoms with Crippen LogP contribution in [-0.2, 0) is 0 Å². The predicted octanol–water partition coefficient (Wildman–Crippen LogP) is 4.24. The first-order valence-corrected chi connectivity index (χ1v) is 5.59. The van der Waals surface area contributed by atoms with E-state index in [1.54, 1.807) is 6.07 Å². The molecule has 1 N–H and O–H groups in total. The van der Waals surface area contributed by atoms with Crippen molar-refractivity contribution in [2.45, 2.75) is 47.0 Å². The molecule has 0 radical (unpaired) electrons. The largest absolute Gasteiger partial charge is 0.508 e. The summed E-state index contributed by atoms with van der Waals surface area (Å²) in [4.78, 5) is 0. The van der Waals surface area contributed by atoms with Crippen LogP contribution in [0.4, 0.5) is 0 Å². The summed E-state index contributed by atoms with van der Waals surface area (Å²) in [5.41, 5.74) is 2.64. The molecule has 1 nitrogen and oxygen atoms in total. The second kappa shape index (κ2) is 4.26. The molecule has 0 aromatic heterocycles. The van der Waals surface area contributed by atoms with Crippen LogP contribution in [0.5, 0.6) is 5.75 Å². The highest BCUT2D eigenvalue weighted by molar-refractivity contribution is 5.36. The van der Waals surface area contributed by atoms with E-state index in [0.717, 1.165) is 12.0 Å². The second-order valence-corrected chi connectivity index (χ2v) is 5.71. The van der Waals surface area contributed by atoms with Crippen molar-refractivity contribution in [2.75, 3.05) is 0 Å². The molecule has 1 rings (SSSR count). The molecule has 0 spiro atoms. The summed E-state index contributed by atoms with van der Waals surface area (Å²) < 4.78 is 0. The van der Waals surface area contributed by atoms with E-state index in [1.807, 2.05) is 13.0 Å². The predicted molar refractivity (Wildman–Crippen MR) is 65.3 cm³/mol. The van der Waals surface area contributed by atoms with Gasteiger partial charge in [0.2, 0.25) is 0 Å². The summed E-state index contributed by atoms with van der Waals surface area (Å²) in [7, 11) is 0. The lowest BCUT2D eigenvalue weighted by atomic mass is 9.82. The molecule has 1 unspecified atom stereocenters. The van der Waals surface area contributed by atoms with Crippen molar-refractivity contribution >= 4 is 0 Å². The van der Waals surface area contributed by atoms with Crippen LogP contribution in [-0.4, -0.2) is 5.11 Å². The third kappa shape index (κ3) is 3.58. The molecule has 0 saturated carbocycles. The molecule has 0 amide bonds. The number of benzene rings is 1. The number of aryl methyl sites for hydroxylation is 1. The fraction of sp³-hybridized carbons (Fsp3) is 0.571. The van der Waals surface area contributed by atoms with E-state index in [-0.39, 0.29) is 0 Å². The molecule has 0 heterocycles. The van der Waals surface area contributed by atoms with Crippen LogP contribution in [0.2, 0.25) is 0 Å². The fourth-order valence-corrected chi connectivity index (χ4v) is 2.02. The molecule has 0 saturated heterocycles. The Morgan fingerprint density at radius 3 is 2.33 bits per heavy atom. The Hall–Kier alpha value is -0.980. The van der Waals surface area contributed by atoms with Gasteiger partial charge in [0.25, 0.3) is 0 Å². The van der Waals surface area contributed by atoms with Crippen molar-refractivity contribution in [3.63, 3.8) is 0 Å². The van der Waals surface area contributed by atoms with Gasteiger partial charge < -0.3 is 5.11 Å². The topological polar surface area (TPSA) is 20.2 Å². The van der Waals surface area contributed by atoms with E-state index in [9.17, 15) is 5.11 Å². The Kier molecular flexibility index (Phi) is 3.43. The third-order valence-corrected chi connectivity index (χ3v) is 2.71. The van der Waals surface area contributed by atoms with Crippen LogP contribution in [0, 0.1) is 12.3 Å². The van der Waals surface area contributed by atoms with E-state index in [4.69, 9.17) is 0 Å². The average molecular weight is 206 g/mol. The van der Waals surface area contributed by atoms with Crippen LogP contribution in [0.15, 0.2) is 18.2 Å². The Morgan fingerprint density at radius 1 is 1.27 bits per heavy atom. The van der Waals surface area contributed by atoms with Gasteiger partial charge in [-0.2, -0.15) is 0 Å². The molecule has 1 heteroatoms. The molecular formula is C14H22O. The standard InChI is InChI=1S/C14H22O/c1-10-8-12(6-7-13(10)15)11(2)9-14(3,4)5/h6-8,11,15H,9H2,1-5H3. The highest BCUT2D eigenvalue weighted by atomic mass is 16.3. The minimum absolute atomic E-state index is 0.352. The molecule has 1 atom stereocenters. The van der Waals surface area contributed by atoms with Crippen LogP contribution in [0.25, 0.3) is 0 Å². The molecule has 1 aromatic carbocycles. The quantitative estimate of drug-likeness (QED) is 0.767. The molecule has 0 aliphatic rings. The average Bonchev–Trinajstić information content (AvgIpc) is 2.06. The number of hydrogen-bond donors (Lipinski definition) is 1. The third-order valence-electron chi connectivity index (χ3n) is 2.71. The zero-order valence-electron chi connectivity index (χ0n) is 10.5. The SMILES string of the molecule is Cc1cc(C(C)CC(C)(C)C)ccc1O. The van der Waals surface area contributed by atoms with Crippen molar-refractivity contribution in [2.24, 2.45) is 5.41 Å². The number of phenols is 1. The first kappa shape index (κ1) is 12.1. The van der Waals surface area contributed by atoms with E-state index in [1.165, 1.54) is 5.56 Å². The Morgan fingerprint density at radius 2 is 1.87 bits per heavy atom. The maximum absolute atomic E-state index is 9.46. The summed E-state index contributed by atoms with van der Waals surface area (Å²) >= 11 is 0. The molecule has 0 fully saturated rings. The second-order valence-electron chi connectivity index (χ2n) is 5.71. The van der Waals surface area contributed by atoms with E-state index >= 15 is 0 Å². The van der Waals surface area contributed by atoms with Gasteiger partial charge in [0, 0.05) is 0 Å². The summed E-state index contributed by atoms with van der Waals surface area (Å²) in [5, 5.41) is 9.46. The van der Waals surface area contributed by atoms with Gasteiger partial charge in [0.1, 0.15) is 5.75 Å². The van der Waals surface area contributed by atoms with Crippen LogP contribution in [0.1, 0.15) is 51.2 Å². The van der Waals surface area contributed by atoms with Gasteiger partial charge in [0.05, 0.1) is 0 Å². The Labute approximate surface area is 93.1 Å². The smallest absolute Gasteiger partial charge is 0.118 e. The Bertz CT molecular complexity index is 334. The number of aromatic hydroxyl groups is 1. The molecule has 1 aromatic rings. The highest BCUT2D eigenvalue weighted by Crippen LogP contribution is 2.32. The van der Waals surface area contributed by atoms with Crippen molar-refractivity contribution in [3.05, 3.63) is 29.3 Å². The minimum atomic E-state index is 0.352. The lowest BCUT2D eigenvalue weighted by Gasteiger charge is -2.23. The summed E-state index contributed by atoms with van der Waals surface area (Å²) in [6.07, 6.45) is 1.16. The summed E-state index contributed by atoms with van der Waals surface area (Å²) in [5.74, 6) is 0.936. The molecule has 0 bridgehead atoms. The van der Waals surface area contributed by atoms with Crippen molar-refractivity contribution in [1.29, 1.82) is 0 Å². The highest BCUT2D eigenvalue weighted by Gasteiger charge is 2.16. The van der Waals surface area contributed by atoms with Crippen molar-refractivity contribution < 1.29 is 5.11 Å². The van der Waals surface area contributed by atoms with Gasteiger partial charge >= 0.3 is 0 Å². The molecular weight excluding hydrogens is 184 g/mol. The van der Waals surface area contributed by atoms with Crippen LogP contribution >= 0.6 is 0 Å². The van der Waals surface area contributed by atoms with Crippen LogP contribution < -0.4 is 0 Å². The molecule has 84 valence electrons. The number of rotatable bonds is 2. The zero-order valence-corrected chi connectivity index (χ0v) is 10.5. The van der Waals surface area contributed by atoms with Gasteiger partial charge in [0.15, 0.2) is 0 Å². The Balaban J connectivity index is 2.83. The van der Waals surface area contributed by atoms with Gasteiger partial charge in [-0.15, -0.1) is 0 Å².